The number of hydrogen-bond acceptors (Lipinski definition) is 7. The molecule has 9 nitrogen and oxygen atoms in total. The number of nitrogens with one attached hydrogen (secondary N) is 1. The predicted octanol–water partition coefficient (Wildman–Crippen LogP) is 2.23. The highest BCUT2D eigenvalue weighted by molar-refractivity contribution is 6.02. The van der Waals surface area contributed by atoms with Crippen LogP contribution in [0.4, 0.5) is 13.2 Å². The minimum absolute atomic E-state index is 0.0476. The third-order valence-electron chi connectivity index (χ3n) is 5.04. The molecular weight excluding hydrogens is 447 g/mol. The third-order valence-corrected chi connectivity index (χ3v) is 5.04. The van der Waals surface area contributed by atoms with Crippen LogP contribution < -0.4 is 10.9 Å². The van der Waals surface area contributed by atoms with E-state index in [0.29, 0.717) is 6.42 Å². The average Bonchev–Trinajstić information content (AvgIpc) is 3.22. The van der Waals surface area contributed by atoms with E-state index in [4.69, 9.17) is 9.47 Å². The van der Waals surface area contributed by atoms with Crippen molar-refractivity contribution in [3.8, 4) is 5.75 Å². The van der Waals surface area contributed by atoms with Crippen LogP contribution in [0.15, 0.2) is 10.9 Å². The second-order valence-electron chi connectivity index (χ2n) is 8.71. The van der Waals surface area contributed by atoms with Crippen molar-refractivity contribution in [1.29, 1.82) is 0 Å². The molecular formula is C21H24F3N3O6. The van der Waals surface area contributed by atoms with Crippen LogP contribution in [0.25, 0.3) is 11.0 Å². The zero-order chi connectivity index (χ0) is 24.7. The Morgan fingerprint density at radius 1 is 1.33 bits per heavy atom. The van der Waals surface area contributed by atoms with Gasteiger partial charge in [-0.1, -0.05) is 0 Å². The molecule has 1 saturated heterocycles. The van der Waals surface area contributed by atoms with Gasteiger partial charge in [0.25, 0.3) is 11.5 Å². The lowest BCUT2D eigenvalue weighted by atomic mass is 9.95. The van der Waals surface area contributed by atoms with Crippen molar-refractivity contribution in [2.75, 3.05) is 19.8 Å². The molecule has 1 unspecified atom stereocenters. The van der Waals surface area contributed by atoms with Gasteiger partial charge >= 0.3 is 12.1 Å². The maximum Gasteiger partial charge on any atom is 0.433 e. The van der Waals surface area contributed by atoms with Crippen LogP contribution in [0.1, 0.15) is 54.7 Å². The van der Waals surface area contributed by atoms with Gasteiger partial charge in [-0.2, -0.15) is 13.2 Å². The van der Waals surface area contributed by atoms with Crippen LogP contribution in [0.5, 0.6) is 5.75 Å². The van der Waals surface area contributed by atoms with Crippen LogP contribution in [-0.4, -0.2) is 51.9 Å². The van der Waals surface area contributed by atoms with Crippen molar-refractivity contribution in [2.24, 2.45) is 7.05 Å². The van der Waals surface area contributed by atoms with Gasteiger partial charge in [-0.15, -0.1) is 0 Å². The minimum atomic E-state index is -4.80. The lowest BCUT2D eigenvalue weighted by molar-refractivity contribution is -0.153. The van der Waals surface area contributed by atoms with E-state index in [9.17, 15) is 32.7 Å². The summed E-state index contributed by atoms with van der Waals surface area (Å²) in [5.41, 5.74) is -4.40. The third kappa shape index (κ3) is 5.10. The number of amides is 1. The Morgan fingerprint density at radius 3 is 2.55 bits per heavy atom. The zero-order valence-corrected chi connectivity index (χ0v) is 18.5. The Balaban J connectivity index is 2.08. The van der Waals surface area contributed by atoms with Gasteiger partial charge in [-0.3, -0.25) is 19.0 Å². The van der Waals surface area contributed by atoms with Crippen molar-refractivity contribution in [3.63, 3.8) is 0 Å². The Morgan fingerprint density at radius 2 is 2.00 bits per heavy atom. The molecule has 1 atom stereocenters. The Kier molecular flexibility index (Phi) is 6.42. The highest BCUT2D eigenvalue weighted by atomic mass is 19.4. The summed E-state index contributed by atoms with van der Waals surface area (Å²) in [7, 11) is 1.14. The molecule has 0 saturated carbocycles. The molecule has 1 fully saturated rings. The van der Waals surface area contributed by atoms with Crippen molar-refractivity contribution < 1.29 is 37.3 Å². The number of fused-ring (bicyclic) bond motifs is 1. The molecule has 3 rings (SSSR count). The van der Waals surface area contributed by atoms with Crippen molar-refractivity contribution in [3.05, 3.63) is 33.2 Å². The van der Waals surface area contributed by atoms with Gasteiger partial charge in [-0.25, -0.2) is 4.98 Å². The van der Waals surface area contributed by atoms with Crippen LogP contribution in [-0.2, 0) is 27.5 Å². The molecule has 2 aromatic rings. The average molecular weight is 471 g/mol. The molecule has 1 amide bonds. The summed E-state index contributed by atoms with van der Waals surface area (Å²) < 4.78 is 52.1. The molecule has 33 heavy (non-hydrogen) atoms. The van der Waals surface area contributed by atoms with Crippen LogP contribution >= 0.6 is 0 Å². The number of carbonyl (C=O) groups excluding carboxylic acids is 2. The van der Waals surface area contributed by atoms with Gasteiger partial charge in [0.2, 0.25) is 0 Å². The lowest BCUT2D eigenvalue weighted by Gasteiger charge is -2.20. The number of aromatic nitrogens is 2. The number of halogens is 3. The smallest absolute Gasteiger partial charge is 0.433 e. The number of aryl methyl sites for hydroxylation is 1. The van der Waals surface area contributed by atoms with E-state index in [0.717, 1.165) is 17.7 Å². The van der Waals surface area contributed by atoms with Crippen LogP contribution in [0.3, 0.4) is 0 Å². The number of esters is 1. The highest BCUT2D eigenvalue weighted by Crippen LogP contribution is 2.39. The molecule has 180 valence electrons. The first kappa shape index (κ1) is 24.5. The first-order valence-electron chi connectivity index (χ1n) is 10.1. The normalized spacial score (nSPS) is 16.8. The van der Waals surface area contributed by atoms with Gasteiger partial charge in [0.1, 0.15) is 34.8 Å². The molecule has 12 heteroatoms. The monoisotopic (exact) mass is 471 g/mol. The van der Waals surface area contributed by atoms with E-state index in [1.54, 1.807) is 20.8 Å². The van der Waals surface area contributed by atoms with E-state index >= 15 is 0 Å². The maximum atomic E-state index is 13.7. The molecule has 1 aliphatic rings. The first-order chi connectivity index (χ1) is 15.2. The number of hydrogen-bond donors (Lipinski definition) is 2. The summed E-state index contributed by atoms with van der Waals surface area (Å²) in [5, 5.41) is 12.7. The number of nitrogens with zero attached hydrogens (tertiary/aromatic N) is 2. The summed E-state index contributed by atoms with van der Waals surface area (Å²) in [6.45, 7) is 4.64. The minimum Gasteiger partial charge on any atom is -0.506 e. The molecule has 3 heterocycles. The molecule has 0 aliphatic carbocycles. The molecule has 2 N–H and O–H groups in total. The zero-order valence-electron chi connectivity index (χ0n) is 18.5. The largest absolute Gasteiger partial charge is 0.506 e. The summed E-state index contributed by atoms with van der Waals surface area (Å²) in [6.07, 6.45) is -4.48. The maximum absolute atomic E-state index is 13.7. The van der Waals surface area contributed by atoms with Crippen molar-refractivity contribution in [1.82, 2.24) is 14.9 Å². The van der Waals surface area contributed by atoms with Gasteiger partial charge in [0, 0.05) is 19.6 Å². The first-order valence-corrected chi connectivity index (χ1v) is 10.1. The van der Waals surface area contributed by atoms with E-state index in [1.165, 1.54) is 0 Å². The molecule has 0 spiro atoms. The van der Waals surface area contributed by atoms with Gasteiger partial charge in [0.05, 0.1) is 12.0 Å². The van der Waals surface area contributed by atoms with Crippen molar-refractivity contribution >= 4 is 22.9 Å². The Bertz CT molecular complexity index is 1160. The van der Waals surface area contributed by atoms with Gasteiger partial charge < -0.3 is 19.9 Å². The van der Waals surface area contributed by atoms with E-state index in [-0.39, 0.29) is 24.2 Å². The Labute approximate surface area is 186 Å². The second kappa shape index (κ2) is 8.65. The number of pyridine rings is 2. The second-order valence-corrected chi connectivity index (χ2v) is 8.71. The molecule has 0 radical (unpaired) electrons. The number of carbonyl (C=O) groups is 2. The molecule has 2 aromatic heterocycles. The fraction of sp³-hybridized carbons (Fsp3) is 0.524. The van der Waals surface area contributed by atoms with Gasteiger partial charge in [-0.05, 0) is 38.8 Å². The summed E-state index contributed by atoms with van der Waals surface area (Å²) in [4.78, 5) is 40.8. The number of alkyl halides is 3. The molecule has 0 aromatic carbocycles. The lowest BCUT2D eigenvalue weighted by Crippen LogP contribution is -2.38. The van der Waals surface area contributed by atoms with E-state index < -0.39 is 64.3 Å². The number of rotatable bonds is 4. The molecule has 0 bridgehead atoms. The number of ether oxygens (including phenoxy) is 2. The topological polar surface area (TPSA) is 120 Å². The Hall–Kier alpha value is -3.15. The van der Waals surface area contributed by atoms with Crippen LogP contribution in [0, 0.1) is 0 Å². The SMILES string of the molecule is Cn1c(=O)c(C(=O)NCC(=O)OC(C)(C)C)c(O)c2cc(C3CCOC3)c(C(F)(F)F)nc21. The fourth-order valence-electron chi connectivity index (χ4n) is 3.59. The van der Waals surface area contributed by atoms with Crippen molar-refractivity contribution in [2.45, 2.75) is 44.9 Å². The summed E-state index contributed by atoms with van der Waals surface area (Å²) >= 11 is 0. The van der Waals surface area contributed by atoms with E-state index in [1.807, 2.05) is 0 Å². The highest BCUT2D eigenvalue weighted by Gasteiger charge is 2.39. The summed E-state index contributed by atoms with van der Waals surface area (Å²) in [5.74, 6) is -3.28. The quantitative estimate of drug-likeness (QED) is 0.657. The molecule has 1 aliphatic heterocycles. The predicted molar refractivity (Wildman–Crippen MR) is 110 cm³/mol. The standard InChI is InChI=1S/C21H24F3N3O6/c1-20(2,3)33-13(28)8-25-18(30)14-15(29)12-7-11(10-5-6-32-9-10)16(21(22,23)24)26-17(12)27(4)19(14)31/h7,10,29H,5-6,8-9H2,1-4H3,(H,25,30). The summed E-state index contributed by atoms with van der Waals surface area (Å²) in [6, 6.07) is 1.09. The van der Waals surface area contributed by atoms with Gasteiger partial charge in [0.15, 0.2) is 0 Å². The van der Waals surface area contributed by atoms with Crippen LogP contribution in [0.2, 0.25) is 0 Å². The van der Waals surface area contributed by atoms with E-state index in [2.05, 4.69) is 10.3 Å². The number of aromatic hydroxyl groups is 1. The fourth-order valence-corrected chi connectivity index (χ4v) is 3.59.